The summed E-state index contributed by atoms with van der Waals surface area (Å²) in [6.07, 6.45) is 6.42. The first-order chi connectivity index (χ1) is 9.59. The molecule has 1 aromatic rings. The Kier molecular flexibility index (Phi) is 4.64. The third-order valence-electron chi connectivity index (χ3n) is 3.55. The molecule has 1 heterocycles. The number of hydrogen-bond donors (Lipinski definition) is 3. The lowest BCUT2D eigenvalue weighted by Gasteiger charge is -2.35. The summed E-state index contributed by atoms with van der Waals surface area (Å²) in [5.41, 5.74) is 4.86. The molecule has 2 rings (SSSR count). The van der Waals surface area contributed by atoms with Crippen molar-refractivity contribution in [2.24, 2.45) is 5.73 Å². The van der Waals surface area contributed by atoms with Crippen molar-refractivity contribution in [2.75, 3.05) is 23.9 Å². The van der Waals surface area contributed by atoms with E-state index in [1.165, 1.54) is 11.8 Å². The fraction of sp³-hybridized carbons (Fsp3) is 0.667. The van der Waals surface area contributed by atoms with Crippen LogP contribution in [0.15, 0.2) is 5.16 Å². The van der Waals surface area contributed by atoms with Crippen molar-refractivity contribution in [1.29, 1.82) is 0 Å². The number of nitrogens with zero attached hydrogens (tertiary/aromatic N) is 3. The highest BCUT2D eigenvalue weighted by molar-refractivity contribution is 7.98. The molecule has 1 aliphatic rings. The van der Waals surface area contributed by atoms with Crippen LogP contribution >= 0.6 is 11.8 Å². The van der Waals surface area contributed by atoms with Crippen molar-refractivity contribution in [3.05, 3.63) is 0 Å². The van der Waals surface area contributed by atoms with Crippen molar-refractivity contribution >= 4 is 29.6 Å². The highest BCUT2D eigenvalue weighted by Gasteiger charge is 2.38. The van der Waals surface area contributed by atoms with Crippen molar-refractivity contribution in [2.45, 2.75) is 42.8 Å². The molecule has 8 heteroatoms. The van der Waals surface area contributed by atoms with Gasteiger partial charge in [0.1, 0.15) is 5.54 Å². The van der Waals surface area contributed by atoms with Gasteiger partial charge in [0.05, 0.1) is 0 Å². The van der Waals surface area contributed by atoms with Gasteiger partial charge in [-0.25, -0.2) is 0 Å². The molecule has 7 nitrogen and oxygen atoms in total. The molecule has 20 heavy (non-hydrogen) atoms. The summed E-state index contributed by atoms with van der Waals surface area (Å²) >= 11 is 1.42. The second-order valence-corrected chi connectivity index (χ2v) is 5.62. The number of nitrogens with two attached hydrogens (primary N) is 1. The van der Waals surface area contributed by atoms with Gasteiger partial charge < -0.3 is 16.4 Å². The summed E-state index contributed by atoms with van der Waals surface area (Å²) in [6.45, 7) is 0. The van der Waals surface area contributed by atoms with Gasteiger partial charge in [-0.15, -0.1) is 0 Å². The predicted molar refractivity (Wildman–Crippen MR) is 79.8 cm³/mol. The Balaban J connectivity index is 2.28. The minimum absolute atomic E-state index is 0.339. The van der Waals surface area contributed by atoms with Gasteiger partial charge in [-0.2, -0.15) is 15.0 Å². The molecule has 0 atom stereocenters. The Morgan fingerprint density at radius 3 is 2.40 bits per heavy atom. The SMILES string of the molecule is CNc1nc(NC2(C(N)=O)CCCCC2)nc(SC)n1. The van der Waals surface area contributed by atoms with Gasteiger partial charge in [-0.05, 0) is 19.1 Å². The maximum absolute atomic E-state index is 11.9. The number of primary amides is 1. The number of carbonyl (C=O) groups excluding carboxylic acids is 1. The lowest BCUT2D eigenvalue weighted by molar-refractivity contribution is -0.123. The van der Waals surface area contributed by atoms with Crippen LogP contribution in [0.4, 0.5) is 11.9 Å². The lowest BCUT2D eigenvalue weighted by Crippen LogP contribution is -2.52. The van der Waals surface area contributed by atoms with Gasteiger partial charge in [0.2, 0.25) is 17.8 Å². The standard InChI is InChI=1S/C12H20N6OS/c1-14-9-15-10(17-11(16-9)20-2)18-12(8(13)19)6-4-3-5-7-12/h3-7H2,1-2H3,(H2,13,19)(H2,14,15,16,17,18). The lowest BCUT2D eigenvalue weighted by atomic mass is 9.81. The summed E-state index contributed by atoms with van der Waals surface area (Å²) < 4.78 is 0. The maximum Gasteiger partial charge on any atom is 0.243 e. The summed E-state index contributed by atoms with van der Waals surface area (Å²) in [7, 11) is 1.74. The Labute approximate surface area is 122 Å². The van der Waals surface area contributed by atoms with Crippen LogP contribution < -0.4 is 16.4 Å². The summed E-state index contributed by atoms with van der Waals surface area (Å²) in [4.78, 5) is 24.6. The van der Waals surface area contributed by atoms with Crippen LogP contribution in [0.2, 0.25) is 0 Å². The first-order valence-corrected chi connectivity index (χ1v) is 7.88. The second kappa shape index (κ2) is 6.25. The Morgan fingerprint density at radius 2 is 1.85 bits per heavy atom. The zero-order valence-corrected chi connectivity index (χ0v) is 12.6. The van der Waals surface area contributed by atoms with Gasteiger partial charge >= 0.3 is 0 Å². The summed E-state index contributed by atoms with van der Waals surface area (Å²) in [6, 6.07) is 0. The molecule has 1 saturated carbocycles. The van der Waals surface area contributed by atoms with Crippen molar-refractivity contribution in [3.63, 3.8) is 0 Å². The van der Waals surface area contributed by atoms with Gasteiger partial charge in [-0.1, -0.05) is 31.0 Å². The van der Waals surface area contributed by atoms with Crippen LogP contribution in [-0.2, 0) is 4.79 Å². The highest BCUT2D eigenvalue weighted by Crippen LogP contribution is 2.31. The summed E-state index contributed by atoms with van der Waals surface area (Å²) in [5, 5.41) is 6.64. The van der Waals surface area contributed by atoms with Gasteiger partial charge in [0.25, 0.3) is 0 Å². The minimum Gasteiger partial charge on any atom is -0.368 e. The minimum atomic E-state index is -0.736. The molecule has 110 valence electrons. The molecule has 4 N–H and O–H groups in total. The zero-order chi connectivity index (χ0) is 14.6. The second-order valence-electron chi connectivity index (χ2n) is 4.85. The van der Waals surface area contributed by atoms with E-state index in [0.29, 0.717) is 17.1 Å². The quantitative estimate of drug-likeness (QED) is 0.702. The van der Waals surface area contributed by atoms with E-state index in [4.69, 9.17) is 5.73 Å². The molecule has 0 saturated heterocycles. The fourth-order valence-corrected chi connectivity index (χ4v) is 2.77. The van der Waals surface area contributed by atoms with E-state index in [1.54, 1.807) is 7.05 Å². The highest BCUT2D eigenvalue weighted by atomic mass is 32.2. The zero-order valence-electron chi connectivity index (χ0n) is 11.8. The number of amides is 1. The molecule has 0 aromatic carbocycles. The van der Waals surface area contributed by atoms with Gasteiger partial charge in [0.15, 0.2) is 5.16 Å². The number of aromatic nitrogens is 3. The average Bonchev–Trinajstić information content (AvgIpc) is 2.47. The van der Waals surface area contributed by atoms with E-state index in [9.17, 15) is 4.79 Å². The van der Waals surface area contributed by atoms with Crippen LogP contribution in [-0.4, -0.2) is 39.7 Å². The molecule has 0 unspecified atom stereocenters. The average molecular weight is 296 g/mol. The van der Waals surface area contributed by atoms with Gasteiger partial charge in [-0.3, -0.25) is 4.79 Å². The molecule has 1 aliphatic carbocycles. The van der Waals surface area contributed by atoms with Gasteiger partial charge in [0, 0.05) is 7.05 Å². The van der Waals surface area contributed by atoms with Crippen molar-refractivity contribution < 1.29 is 4.79 Å². The predicted octanol–water partition coefficient (Wildman–Crippen LogP) is 1.24. The maximum atomic E-state index is 11.9. The van der Waals surface area contributed by atoms with E-state index < -0.39 is 5.54 Å². The Hall–Kier alpha value is -1.57. The number of anilines is 2. The monoisotopic (exact) mass is 296 g/mol. The molecule has 1 aromatic heterocycles. The van der Waals surface area contributed by atoms with Crippen molar-refractivity contribution in [3.8, 4) is 0 Å². The number of nitrogens with one attached hydrogen (secondary N) is 2. The molecule has 0 radical (unpaired) electrons. The van der Waals surface area contributed by atoms with E-state index in [0.717, 1.165) is 32.1 Å². The Morgan fingerprint density at radius 1 is 1.20 bits per heavy atom. The molecular weight excluding hydrogens is 276 g/mol. The Bertz CT molecular complexity index is 467. The first-order valence-electron chi connectivity index (χ1n) is 6.65. The summed E-state index contributed by atoms with van der Waals surface area (Å²) in [5.74, 6) is 0.533. The molecule has 1 fully saturated rings. The fourth-order valence-electron chi connectivity index (χ4n) is 2.42. The molecule has 0 spiro atoms. The molecule has 0 aliphatic heterocycles. The van der Waals surface area contributed by atoms with Crippen LogP contribution in [0.5, 0.6) is 0 Å². The number of rotatable bonds is 5. The number of carbonyl (C=O) groups is 1. The van der Waals surface area contributed by atoms with Crippen LogP contribution in [0.3, 0.4) is 0 Å². The normalized spacial score (nSPS) is 17.5. The van der Waals surface area contributed by atoms with Crippen LogP contribution in [0, 0.1) is 0 Å². The smallest absolute Gasteiger partial charge is 0.243 e. The van der Waals surface area contributed by atoms with E-state index in [1.807, 2.05) is 6.26 Å². The topological polar surface area (TPSA) is 106 Å². The third-order valence-corrected chi connectivity index (χ3v) is 4.10. The molecule has 1 amide bonds. The first kappa shape index (κ1) is 14.8. The largest absolute Gasteiger partial charge is 0.368 e. The van der Waals surface area contributed by atoms with Crippen molar-refractivity contribution in [1.82, 2.24) is 15.0 Å². The number of thioether (sulfide) groups is 1. The molecule has 0 bridgehead atoms. The van der Waals surface area contributed by atoms with Crippen LogP contribution in [0.25, 0.3) is 0 Å². The van der Waals surface area contributed by atoms with E-state index in [-0.39, 0.29) is 5.91 Å². The molecular formula is C12H20N6OS. The van der Waals surface area contributed by atoms with E-state index >= 15 is 0 Å². The van der Waals surface area contributed by atoms with Crippen LogP contribution in [0.1, 0.15) is 32.1 Å². The third kappa shape index (κ3) is 3.12. The van der Waals surface area contributed by atoms with E-state index in [2.05, 4.69) is 25.6 Å². The number of hydrogen-bond acceptors (Lipinski definition) is 7.